The summed E-state index contributed by atoms with van der Waals surface area (Å²) in [7, 11) is 0. The van der Waals surface area contributed by atoms with Gasteiger partial charge >= 0.3 is 6.18 Å². The summed E-state index contributed by atoms with van der Waals surface area (Å²) in [6, 6.07) is 2.91. The number of halogens is 3. The number of nitrogen functional groups attached to an aromatic ring is 1. The number of rotatable bonds is 2. The second-order valence-corrected chi connectivity index (χ2v) is 4.53. The van der Waals surface area contributed by atoms with E-state index in [1.807, 2.05) is 0 Å². The van der Waals surface area contributed by atoms with E-state index < -0.39 is 12.7 Å². The predicted molar refractivity (Wildman–Crippen MR) is 64.8 cm³/mol. The highest BCUT2D eigenvalue weighted by Gasteiger charge is 2.33. The number of aromatic nitrogens is 2. The molecule has 20 heavy (non-hydrogen) atoms. The molecule has 9 heteroatoms. The van der Waals surface area contributed by atoms with Crippen LogP contribution in [0.15, 0.2) is 12.1 Å². The van der Waals surface area contributed by atoms with Gasteiger partial charge in [0.2, 0.25) is 0 Å². The summed E-state index contributed by atoms with van der Waals surface area (Å²) >= 11 is 0. The molecule has 0 aliphatic carbocycles. The molecule has 0 atom stereocenters. The molecule has 0 radical (unpaired) electrons. The van der Waals surface area contributed by atoms with Crippen LogP contribution in [-0.2, 0) is 0 Å². The number of nitrogens with two attached hydrogens (primary N) is 1. The topological polar surface area (TPSA) is 75.4 Å². The highest BCUT2D eigenvalue weighted by atomic mass is 19.4. The van der Waals surface area contributed by atoms with Crippen LogP contribution >= 0.6 is 0 Å². The molecule has 2 rings (SSSR count). The van der Waals surface area contributed by atoms with E-state index in [-0.39, 0.29) is 43.6 Å². The number of hydrogen-bond donors (Lipinski definition) is 1. The highest BCUT2D eigenvalue weighted by Crippen LogP contribution is 2.17. The fourth-order valence-electron chi connectivity index (χ4n) is 1.98. The first-order valence-electron chi connectivity index (χ1n) is 6.03. The molecule has 1 aromatic heterocycles. The minimum absolute atomic E-state index is 0.142. The Morgan fingerprint density at radius 3 is 2.35 bits per heavy atom. The lowest BCUT2D eigenvalue weighted by atomic mass is 10.2. The SMILES string of the molecule is Nc1ccc(C(=O)N2CCN(CC(F)(F)F)CC2)nn1. The predicted octanol–water partition coefficient (Wildman–Crippen LogP) is 0.379. The van der Waals surface area contributed by atoms with Crippen molar-refractivity contribution < 1.29 is 18.0 Å². The van der Waals surface area contributed by atoms with Crippen LogP contribution in [0.2, 0.25) is 0 Å². The van der Waals surface area contributed by atoms with Crippen molar-refractivity contribution in [2.24, 2.45) is 0 Å². The van der Waals surface area contributed by atoms with Crippen LogP contribution in [0.5, 0.6) is 0 Å². The molecule has 2 N–H and O–H groups in total. The van der Waals surface area contributed by atoms with Gasteiger partial charge in [-0.15, -0.1) is 10.2 Å². The van der Waals surface area contributed by atoms with Crippen LogP contribution in [0.3, 0.4) is 0 Å². The lowest BCUT2D eigenvalue weighted by Gasteiger charge is -2.34. The van der Waals surface area contributed by atoms with Gasteiger partial charge in [0.05, 0.1) is 6.54 Å². The van der Waals surface area contributed by atoms with E-state index in [2.05, 4.69) is 10.2 Å². The smallest absolute Gasteiger partial charge is 0.382 e. The normalized spacial score (nSPS) is 17.2. The minimum atomic E-state index is -4.21. The van der Waals surface area contributed by atoms with Crippen molar-refractivity contribution >= 4 is 11.7 Å². The number of amides is 1. The van der Waals surface area contributed by atoms with Gasteiger partial charge in [0.1, 0.15) is 5.82 Å². The van der Waals surface area contributed by atoms with E-state index in [0.717, 1.165) is 0 Å². The Morgan fingerprint density at radius 1 is 1.20 bits per heavy atom. The third-order valence-electron chi connectivity index (χ3n) is 2.97. The first-order valence-corrected chi connectivity index (χ1v) is 6.03. The number of alkyl halides is 3. The average Bonchev–Trinajstić information content (AvgIpc) is 2.38. The third-order valence-corrected chi connectivity index (χ3v) is 2.97. The van der Waals surface area contributed by atoms with Gasteiger partial charge in [0, 0.05) is 26.2 Å². The zero-order valence-corrected chi connectivity index (χ0v) is 10.6. The third kappa shape index (κ3) is 3.80. The molecule has 1 aliphatic rings. The largest absolute Gasteiger partial charge is 0.401 e. The van der Waals surface area contributed by atoms with Gasteiger partial charge in [-0.3, -0.25) is 9.69 Å². The Labute approximate surface area is 113 Å². The van der Waals surface area contributed by atoms with E-state index in [0.29, 0.717) is 0 Å². The molecule has 1 saturated heterocycles. The maximum atomic E-state index is 12.2. The van der Waals surface area contributed by atoms with Crippen LogP contribution in [-0.4, -0.2) is 64.8 Å². The van der Waals surface area contributed by atoms with E-state index >= 15 is 0 Å². The zero-order valence-electron chi connectivity index (χ0n) is 10.6. The summed E-state index contributed by atoms with van der Waals surface area (Å²) < 4.78 is 36.7. The van der Waals surface area contributed by atoms with Crippen molar-refractivity contribution in [2.45, 2.75) is 6.18 Å². The minimum Gasteiger partial charge on any atom is -0.382 e. The van der Waals surface area contributed by atoms with Gasteiger partial charge in [-0.05, 0) is 12.1 Å². The van der Waals surface area contributed by atoms with E-state index in [9.17, 15) is 18.0 Å². The van der Waals surface area contributed by atoms with Crippen molar-refractivity contribution in [3.63, 3.8) is 0 Å². The number of anilines is 1. The van der Waals surface area contributed by atoms with Gasteiger partial charge in [-0.25, -0.2) is 0 Å². The lowest BCUT2D eigenvalue weighted by molar-refractivity contribution is -0.148. The molecule has 0 spiro atoms. The van der Waals surface area contributed by atoms with E-state index in [1.165, 1.54) is 21.9 Å². The maximum Gasteiger partial charge on any atom is 0.401 e. The number of hydrogen-bond acceptors (Lipinski definition) is 5. The fraction of sp³-hybridized carbons (Fsp3) is 0.545. The van der Waals surface area contributed by atoms with Crippen molar-refractivity contribution in [3.8, 4) is 0 Å². The summed E-state index contributed by atoms with van der Waals surface area (Å²) in [5.74, 6) is -0.138. The Hall–Kier alpha value is -1.90. The van der Waals surface area contributed by atoms with E-state index in [4.69, 9.17) is 5.73 Å². The van der Waals surface area contributed by atoms with Crippen LogP contribution in [0.1, 0.15) is 10.5 Å². The summed E-state index contributed by atoms with van der Waals surface area (Å²) in [6.45, 7) is -0.0973. The van der Waals surface area contributed by atoms with Crippen LogP contribution in [0.25, 0.3) is 0 Å². The first kappa shape index (κ1) is 14.5. The molecule has 0 saturated carbocycles. The highest BCUT2D eigenvalue weighted by molar-refractivity contribution is 5.92. The standard InChI is InChI=1S/C11H14F3N5O/c12-11(13,14)7-18-3-5-19(6-4-18)10(20)8-1-2-9(15)17-16-8/h1-2H,3-7H2,(H2,15,17). The number of piperazine rings is 1. The molecule has 0 aromatic carbocycles. The van der Waals surface area contributed by atoms with Gasteiger partial charge in [0.25, 0.3) is 5.91 Å². The molecule has 0 bridgehead atoms. The van der Waals surface area contributed by atoms with Crippen molar-refractivity contribution in [2.75, 3.05) is 38.5 Å². The molecule has 1 aliphatic heterocycles. The van der Waals surface area contributed by atoms with Crippen LogP contribution in [0, 0.1) is 0 Å². The molecule has 1 aromatic rings. The molecule has 110 valence electrons. The zero-order chi connectivity index (χ0) is 14.8. The van der Waals surface area contributed by atoms with E-state index in [1.54, 1.807) is 0 Å². The molecule has 6 nitrogen and oxygen atoms in total. The Morgan fingerprint density at radius 2 is 1.85 bits per heavy atom. The monoisotopic (exact) mass is 289 g/mol. The van der Waals surface area contributed by atoms with Gasteiger partial charge < -0.3 is 10.6 Å². The fourth-order valence-corrected chi connectivity index (χ4v) is 1.98. The van der Waals surface area contributed by atoms with Crippen molar-refractivity contribution in [3.05, 3.63) is 17.8 Å². The number of carbonyl (C=O) groups is 1. The number of carbonyl (C=O) groups excluding carboxylic acids is 1. The lowest BCUT2D eigenvalue weighted by Crippen LogP contribution is -2.51. The Kier molecular flexibility index (Phi) is 4.07. The van der Waals surface area contributed by atoms with Crippen molar-refractivity contribution in [1.82, 2.24) is 20.0 Å². The molecule has 1 amide bonds. The molecular weight excluding hydrogens is 275 g/mol. The Bertz CT molecular complexity index is 468. The van der Waals surface area contributed by atoms with Gasteiger partial charge in [-0.2, -0.15) is 13.2 Å². The molecule has 2 heterocycles. The maximum absolute atomic E-state index is 12.2. The summed E-state index contributed by atoms with van der Waals surface area (Å²) in [6.07, 6.45) is -4.21. The quantitative estimate of drug-likeness (QED) is 0.852. The van der Waals surface area contributed by atoms with Crippen molar-refractivity contribution in [1.29, 1.82) is 0 Å². The molecule has 0 unspecified atom stereocenters. The van der Waals surface area contributed by atoms with Gasteiger partial charge in [-0.1, -0.05) is 0 Å². The second-order valence-electron chi connectivity index (χ2n) is 4.53. The summed E-state index contributed by atoms with van der Waals surface area (Å²) in [5, 5.41) is 7.25. The summed E-state index contributed by atoms with van der Waals surface area (Å²) in [4.78, 5) is 14.8. The molecular formula is C11H14F3N5O. The van der Waals surface area contributed by atoms with Crippen LogP contribution in [0.4, 0.5) is 19.0 Å². The number of nitrogens with zero attached hydrogens (tertiary/aromatic N) is 4. The second kappa shape index (κ2) is 5.61. The molecule has 1 fully saturated rings. The summed E-state index contributed by atoms with van der Waals surface area (Å²) in [5.41, 5.74) is 5.51. The average molecular weight is 289 g/mol. The van der Waals surface area contributed by atoms with Gasteiger partial charge in [0.15, 0.2) is 5.69 Å². The first-order chi connectivity index (χ1) is 9.35. The van der Waals surface area contributed by atoms with Crippen LogP contribution < -0.4 is 5.73 Å². The Balaban J connectivity index is 1.90.